The van der Waals surface area contributed by atoms with Gasteiger partial charge in [0, 0.05) is 23.9 Å². The zero-order valence-electron chi connectivity index (χ0n) is 16.9. The molecule has 146 valence electrons. The van der Waals surface area contributed by atoms with E-state index in [0.29, 0.717) is 17.3 Å². The molecule has 1 aliphatic carbocycles. The first-order valence-corrected chi connectivity index (χ1v) is 11.2. The standard InChI is InChI=1S/C25H34ClN/c1-3-23(27(4-2)19-18-20-8-6-5-7-9-20)15-12-21-10-13-22(14-11-21)24-16-17-25(24)26/h5-11,13-14,23-25H,3-4,12,15-19H2,1-2H3. The molecule has 0 aliphatic heterocycles. The molecule has 0 heterocycles. The smallest absolute Gasteiger partial charge is 0.0404 e. The van der Waals surface area contributed by atoms with E-state index in [0.717, 1.165) is 25.9 Å². The van der Waals surface area contributed by atoms with E-state index in [-0.39, 0.29) is 0 Å². The van der Waals surface area contributed by atoms with Gasteiger partial charge >= 0.3 is 0 Å². The van der Waals surface area contributed by atoms with Crippen LogP contribution < -0.4 is 0 Å². The zero-order valence-corrected chi connectivity index (χ0v) is 17.7. The van der Waals surface area contributed by atoms with E-state index >= 15 is 0 Å². The Kier molecular flexibility index (Phi) is 7.79. The molecule has 2 aromatic carbocycles. The van der Waals surface area contributed by atoms with Gasteiger partial charge in [0.2, 0.25) is 0 Å². The van der Waals surface area contributed by atoms with Crippen molar-refractivity contribution in [2.24, 2.45) is 0 Å². The van der Waals surface area contributed by atoms with Gasteiger partial charge in [0.1, 0.15) is 0 Å². The second-order valence-corrected chi connectivity index (χ2v) is 8.47. The molecule has 2 aromatic rings. The van der Waals surface area contributed by atoms with Crippen molar-refractivity contribution < 1.29 is 0 Å². The largest absolute Gasteiger partial charge is 0.300 e. The van der Waals surface area contributed by atoms with Crippen LogP contribution in [0.15, 0.2) is 54.6 Å². The van der Waals surface area contributed by atoms with Gasteiger partial charge in [-0.15, -0.1) is 11.6 Å². The molecule has 0 amide bonds. The summed E-state index contributed by atoms with van der Waals surface area (Å²) >= 11 is 6.33. The van der Waals surface area contributed by atoms with Crippen LogP contribution in [0.5, 0.6) is 0 Å². The molecule has 2 heteroatoms. The molecule has 1 saturated carbocycles. The molecule has 3 atom stereocenters. The Balaban J connectivity index is 1.50. The molecule has 0 bridgehead atoms. The third kappa shape index (κ3) is 5.59. The number of alkyl halides is 1. The van der Waals surface area contributed by atoms with Crippen LogP contribution in [0.2, 0.25) is 0 Å². The summed E-state index contributed by atoms with van der Waals surface area (Å²) in [5.41, 5.74) is 4.33. The highest BCUT2D eigenvalue weighted by Gasteiger charge is 2.29. The van der Waals surface area contributed by atoms with Crippen molar-refractivity contribution in [1.29, 1.82) is 0 Å². The molecule has 0 spiro atoms. The molecule has 3 rings (SSSR count). The molecule has 0 saturated heterocycles. The third-order valence-corrected chi connectivity index (χ3v) is 6.81. The average Bonchev–Trinajstić information content (AvgIpc) is 2.71. The Morgan fingerprint density at radius 2 is 1.63 bits per heavy atom. The van der Waals surface area contributed by atoms with Crippen LogP contribution in [0.4, 0.5) is 0 Å². The molecule has 27 heavy (non-hydrogen) atoms. The molecular formula is C25H34ClN. The first-order chi connectivity index (χ1) is 13.2. The second kappa shape index (κ2) is 10.3. The fraction of sp³-hybridized carbons (Fsp3) is 0.520. The van der Waals surface area contributed by atoms with E-state index in [1.54, 1.807) is 0 Å². The van der Waals surface area contributed by atoms with Crippen molar-refractivity contribution in [3.8, 4) is 0 Å². The maximum absolute atomic E-state index is 6.33. The maximum atomic E-state index is 6.33. The summed E-state index contributed by atoms with van der Waals surface area (Å²) in [7, 11) is 0. The van der Waals surface area contributed by atoms with Crippen molar-refractivity contribution in [3.63, 3.8) is 0 Å². The molecule has 1 fully saturated rings. The second-order valence-electron chi connectivity index (χ2n) is 7.91. The van der Waals surface area contributed by atoms with Gasteiger partial charge in [0.15, 0.2) is 0 Å². The van der Waals surface area contributed by atoms with Gasteiger partial charge < -0.3 is 4.90 Å². The number of rotatable bonds is 10. The van der Waals surface area contributed by atoms with E-state index in [9.17, 15) is 0 Å². The topological polar surface area (TPSA) is 3.24 Å². The van der Waals surface area contributed by atoms with Gasteiger partial charge in [-0.25, -0.2) is 0 Å². The van der Waals surface area contributed by atoms with Gasteiger partial charge in [-0.3, -0.25) is 0 Å². The maximum Gasteiger partial charge on any atom is 0.0404 e. The zero-order chi connectivity index (χ0) is 19.1. The quantitative estimate of drug-likeness (QED) is 0.426. The van der Waals surface area contributed by atoms with Crippen LogP contribution in [-0.4, -0.2) is 29.4 Å². The summed E-state index contributed by atoms with van der Waals surface area (Å²) in [5, 5.41) is 0.350. The summed E-state index contributed by atoms with van der Waals surface area (Å²) in [6.45, 7) is 6.90. The average molecular weight is 384 g/mol. The highest BCUT2D eigenvalue weighted by atomic mass is 35.5. The van der Waals surface area contributed by atoms with Gasteiger partial charge in [-0.05, 0) is 61.8 Å². The lowest BCUT2D eigenvalue weighted by molar-refractivity contribution is 0.193. The van der Waals surface area contributed by atoms with Gasteiger partial charge in [-0.1, -0.05) is 68.4 Å². The number of likely N-dealkylation sites (N-methyl/N-ethyl adjacent to an activating group) is 1. The van der Waals surface area contributed by atoms with E-state index in [1.165, 1.54) is 42.4 Å². The van der Waals surface area contributed by atoms with Crippen LogP contribution in [0.25, 0.3) is 0 Å². The van der Waals surface area contributed by atoms with Crippen LogP contribution in [0, 0.1) is 0 Å². The van der Waals surface area contributed by atoms with Crippen molar-refractivity contribution in [2.75, 3.05) is 13.1 Å². The number of benzene rings is 2. The van der Waals surface area contributed by atoms with Crippen LogP contribution in [0.3, 0.4) is 0 Å². The highest BCUT2D eigenvalue weighted by Crippen LogP contribution is 2.40. The summed E-state index contributed by atoms with van der Waals surface area (Å²) in [5.74, 6) is 0.581. The third-order valence-electron chi connectivity index (χ3n) is 6.29. The van der Waals surface area contributed by atoms with E-state index in [2.05, 4.69) is 73.3 Å². The predicted molar refractivity (Wildman–Crippen MR) is 118 cm³/mol. The highest BCUT2D eigenvalue weighted by molar-refractivity contribution is 6.21. The minimum Gasteiger partial charge on any atom is -0.300 e. The van der Waals surface area contributed by atoms with Crippen molar-refractivity contribution in [1.82, 2.24) is 4.90 Å². The lowest BCUT2D eigenvalue weighted by Crippen LogP contribution is -2.36. The molecule has 0 aromatic heterocycles. The monoisotopic (exact) mass is 383 g/mol. The SMILES string of the molecule is CCC(CCc1ccc(C2CCC2Cl)cc1)N(CC)CCc1ccccc1. The fourth-order valence-electron chi connectivity index (χ4n) is 4.26. The Bertz CT molecular complexity index is 666. The molecule has 1 nitrogen and oxygen atoms in total. The lowest BCUT2D eigenvalue weighted by atomic mass is 9.79. The Morgan fingerprint density at radius 3 is 2.19 bits per heavy atom. The summed E-state index contributed by atoms with van der Waals surface area (Å²) in [6.07, 6.45) is 7.17. The lowest BCUT2D eigenvalue weighted by Gasteiger charge is -2.32. The number of hydrogen-bond donors (Lipinski definition) is 0. The Labute approximate surface area is 170 Å². The Hall–Kier alpha value is -1.31. The van der Waals surface area contributed by atoms with Gasteiger partial charge in [0.05, 0.1) is 0 Å². The van der Waals surface area contributed by atoms with E-state index < -0.39 is 0 Å². The molecule has 1 aliphatic rings. The van der Waals surface area contributed by atoms with Gasteiger partial charge in [0.25, 0.3) is 0 Å². The molecule has 0 radical (unpaired) electrons. The van der Waals surface area contributed by atoms with Crippen molar-refractivity contribution in [2.45, 2.75) is 69.7 Å². The predicted octanol–water partition coefficient (Wildman–Crippen LogP) is 6.45. The Morgan fingerprint density at radius 1 is 0.926 bits per heavy atom. The normalized spacial score (nSPS) is 20.4. The summed E-state index contributed by atoms with van der Waals surface area (Å²) in [6, 6.07) is 20.8. The minimum atomic E-state index is 0.350. The fourth-order valence-corrected chi connectivity index (χ4v) is 4.66. The van der Waals surface area contributed by atoms with Crippen LogP contribution in [-0.2, 0) is 12.8 Å². The minimum absolute atomic E-state index is 0.350. The van der Waals surface area contributed by atoms with Crippen LogP contribution >= 0.6 is 11.6 Å². The first kappa shape index (κ1) is 20.4. The number of halogens is 1. The summed E-state index contributed by atoms with van der Waals surface area (Å²) in [4.78, 5) is 2.66. The molecule has 3 unspecified atom stereocenters. The number of nitrogens with zero attached hydrogens (tertiary/aromatic N) is 1. The number of aryl methyl sites for hydroxylation is 1. The van der Waals surface area contributed by atoms with Crippen molar-refractivity contribution in [3.05, 3.63) is 71.3 Å². The first-order valence-electron chi connectivity index (χ1n) is 10.7. The van der Waals surface area contributed by atoms with Crippen molar-refractivity contribution >= 4 is 11.6 Å². The van der Waals surface area contributed by atoms with Crippen LogP contribution in [0.1, 0.15) is 62.1 Å². The van der Waals surface area contributed by atoms with Gasteiger partial charge in [-0.2, -0.15) is 0 Å². The number of hydrogen-bond acceptors (Lipinski definition) is 1. The van der Waals surface area contributed by atoms with E-state index in [1.807, 2.05) is 0 Å². The molecular weight excluding hydrogens is 350 g/mol. The van der Waals surface area contributed by atoms with E-state index in [4.69, 9.17) is 11.6 Å². The summed E-state index contributed by atoms with van der Waals surface area (Å²) < 4.78 is 0. The molecule has 0 N–H and O–H groups in total.